The minimum Gasteiger partial charge on any atom is -0.388 e. The van der Waals surface area contributed by atoms with E-state index in [4.69, 9.17) is 4.74 Å². The van der Waals surface area contributed by atoms with Gasteiger partial charge in [0.25, 0.3) is 0 Å². The number of nitrogens with one attached hydrogen (secondary N) is 1. The van der Waals surface area contributed by atoms with Crippen LogP contribution in [0.25, 0.3) is 0 Å². The van der Waals surface area contributed by atoms with Crippen LogP contribution in [-0.4, -0.2) is 34.8 Å². The van der Waals surface area contributed by atoms with Crippen LogP contribution in [-0.2, 0) is 22.5 Å². The van der Waals surface area contributed by atoms with E-state index in [-0.39, 0.29) is 18.1 Å². The van der Waals surface area contributed by atoms with E-state index in [0.29, 0.717) is 6.54 Å². The lowest BCUT2D eigenvalue weighted by Gasteiger charge is -2.23. The Hall–Kier alpha value is -1.33. The van der Waals surface area contributed by atoms with E-state index < -0.39 is 0 Å². The standard InChI is InChI=1S/C15H22N2O3/c18-14-3-1-2-11-8-17(9-13(11)14)10-15(19)16-12-4-6-20-7-5-12/h8-9,12,14,18H,1-7,10H2,(H,16,19). The Kier molecular flexibility index (Phi) is 4.08. The predicted octanol–water partition coefficient (Wildman–Crippen LogP) is 1.15. The highest BCUT2D eigenvalue weighted by Gasteiger charge is 2.21. The summed E-state index contributed by atoms with van der Waals surface area (Å²) in [6, 6.07) is 0.243. The largest absolute Gasteiger partial charge is 0.388 e. The molecule has 1 aromatic heterocycles. The molecule has 2 aliphatic rings. The number of nitrogens with zero attached hydrogens (tertiary/aromatic N) is 1. The van der Waals surface area contributed by atoms with E-state index in [1.54, 1.807) is 0 Å². The number of fused-ring (bicyclic) bond motifs is 1. The molecule has 20 heavy (non-hydrogen) atoms. The second kappa shape index (κ2) is 5.97. The maximum Gasteiger partial charge on any atom is 0.240 e. The van der Waals surface area contributed by atoms with Crippen LogP contribution in [0.4, 0.5) is 0 Å². The Morgan fingerprint density at radius 1 is 1.35 bits per heavy atom. The van der Waals surface area contributed by atoms with Crippen LogP contribution in [0.15, 0.2) is 12.4 Å². The maximum atomic E-state index is 12.0. The molecule has 1 aliphatic carbocycles. The fraction of sp³-hybridized carbons (Fsp3) is 0.667. The fourth-order valence-corrected chi connectivity index (χ4v) is 3.10. The number of aromatic nitrogens is 1. The van der Waals surface area contributed by atoms with Crippen molar-refractivity contribution in [2.75, 3.05) is 13.2 Å². The Morgan fingerprint density at radius 3 is 2.90 bits per heavy atom. The molecule has 1 atom stereocenters. The summed E-state index contributed by atoms with van der Waals surface area (Å²) in [6.07, 6.45) is 8.20. The number of ether oxygens (including phenoxy) is 1. The highest BCUT2D eigenvalue weighted by atomic mass is 16.5. The third-order valence-electron chi connectivity index (χ3n) is 4.19. The van der Waals surface area contributed by atoms with Gasteiger partial charge in [-0.3, -0.25) is 4.79 Å². The van der Waals surface area contributed by atoms with E-state index in [0.717, 1.165) is 50.9 Å². The average Bonchev–Trinajstić information content (AvgIpc) is 2.83. The molecule has 1 aromatic rings. The molecule has 1 amide bonds. The van der Waals surface area contributed by atoms with Gasteiger partial charge in [-0.2, -0.15) is 0 Å². The van der Waals surface area contributed by atoms with Crippen LogP contribution in [0.5, 0.6) is 0 Å². The molecule has 1 unspecified atom stereocenters. The van der Waals surface area contributed by atoms with Crippen molar-refractivity contribution < 1.29 is 14.6 Å². The quantitative estimate of drug-likeness (QED) is 0.872. The van der Waals surface area contributed by atoms with Gasteiger partial charge in [-0.15, -0.1) is 0 Å². The van der Waals surface area contributed by atoms with Gasteiger partial charge >= 0.3 is 0 Å². The minimum absolute atomic E-state index is 0.0405. The number of aliphatic hydroxyl groups excluding tert-OH is 1. The van der Waals surface area contributed by atoms with Crippen molar-refractivity contribution >= 4 is 5.91 Å². The molecular formula is C15H22N2O3. The summed E-state index contributed by atoms with van der Waals surface area (Å²) in [7, 11) is 0. The van der Waals surface area contributed by atoms with Gasteiger partial charge in [0.15, 0.2) is 0 Å². The molecule has 0 bridgehead atoms. The van der Waals surface area contributed by atoms with E-state index in [9.17, 15) is 9.90 Å². The molecule has 2 heterocycles. The highest BCUT2D eigenvalue weighted by Crippen LogP contribution is 2.30. The Labute approximate surface area is 118 Å². The number of rotatable bonds is 3. The van der Waals surface area contributed by atoms with E-state index in [1.165, 1.54) is 5.56 Å². The summed E-state index contributed by atoms with van der Waals surface area (Å²) < 4.78 is 7.18. The number of aliphatic hydroxyl groups is 1. The average molecular weight is 278 g/mol. The summed E-state index contributed by atoms with van der Waals surface area (Å²) >= 11 is 0. The topological polar surface area (TPSA) is 63.5 Å². The molecule has 0 saturated carbocycles. The Bertz CT molecular complexity index is 477. The number of carbonyl (C=O) groups excluding carboxylic acids is 1. The summed E-state index contributed by atoms with van der Waals surface area (Å²) in [4.78, 5) is 12.0. The van der Waals surface area contributed by atoms with E-state index >= 15 is 0 Å². The summed E-state index contributed by atoms with van der Waals surface area (Å²) in [5.74, 6) is 0.0405. The van der Waals surface area contributed by atoms with Crippen molar-refractivity contribution in [3.63, 3.8) is 0 Å². The summed E-state index contributed by atoms with van der Waals surface area (Å²) in [5.41, 5.74) is 2.18. The third-order valence-corrected chi connectivity index (χ3v) is 4.19. The van der Waals surface area contributed by atoms with Crippen LogP contribution >= 0.6 is 0 Å². The van der Waals surface area contributed by atoms with Crippen molar-refractivity contribution in [1.82, 2.24) is 9.88 Å². The number of amides is 1. The van der Waals surface area contributed by atoms with Gasteiger partial charge in [0.2, 0.25) is 5.91 Å². The lowest BCUT2D eigenvalue weighted by atomic mass is 9.93. The lowest BCUT2D eigenvalue weighted by Crippen LogP contribution is -2.40. The lowest BCUT2D eigenvalue weighted by molar-refractivity contribution is -0.122. The number of hydrogen-bond donors (Lipinski definition) is 2. The monoisotopic (exact) mass is 278 g/mol. The summed E-state index contributed by atoms with van der Waals surface area (Å²) in [5, 5.41) is 13.0. The molecule has 1 fully saturated rings. The zero-order valence-electron chi connectivity index (χ0n) is 11.7. The number of aryl methyl sites for hydroxylation is 1. The van der Waals surface area contributed by atoms with Crippen molar-refractivity contribution in [2.45, 2.75) is 50.8 Å². The Balaban J connectivity index is 1.58. The van der Waals surface area contributed by atoms with Gasteiger partial charge in [0, 0.05) is 37.2 Å². The van der Waals surface area contributed by atoms with Crippen molar-refractivity contribution in [3.8, 4) is 0 Å². The van der Waals surface area contributed by atoms with Crippen LogP contribution in [0.2, 0.25) is 0 Å². The number of carbonyl (C=O) groups is 1. The first kappa shape index (κ1) is 13.6. The molecular weight excluding hydrogens is 256 g/mol. The van der Waals surface area contributed by atoms with Crippen molar-refractivity contribution in [2.24, 2.45) is 0 Å². The van der Waals surface area contributed by atoms with Gasteiger partial charge in [0.05, 0.1) is 6.10 Å². The van der Waals surface area contributed by atoms with Crippen LogP contribution in [0, 0.1) is 0 Å². The zero-order chi connectivity index (χ0) is 13.9. The normalized spacial score (nSPS) is 23.4. The molecule has 5 heteroatoms. The fourth-order valence-electron chi connectivity index (χ4n) is 3.10. The summed E-state index contributed by atoms with van der Waals surface area (Å²) in [6.45, 7) is 1.79. The molecule has 5 nitrogen and oxygen atoms in total. The van der Waals surface area contributed by atoms with Gasteiger partial charge in [0.1, 0.15) is 6.54 Å². The van der Waals surface area contributed by atoms with Crippen molar-refractivity contribution in [1.29, 1.82) is 0 Å². The van der Waals surface area contributed by atoms with E-state index in [2.05, 4.69) is 5.32 Å². The van der Waals surface area contributed by atoms with Crippen molar-refractivity contribution in [3.05, 3.63) is 23.5 Å². The molecule has 1 aliphatic heterocycles. The van der Waals surface area contributed by atoms with Gasteiger partial charge < -0.3 is 19.7 Å². The zero-order valence-corrected chi connectivity index (χ0v) is 11.7. The predicted molar refractivity (Wildman–Crippen MR) is 74.3 cm³/mol. The molecule has 110 valence electrons. The molecule has 3 rings (SSSR count). The second-order valence-corrected chi connectivity index (χ2v) is 5.77. The first-order valence-electron chi connectivity index (χ1n) is 7.46. The molecule has 0 aromatic carbocycles. The third kappa shape index (κ3) is 3.04. The maximum absolute atomic E-state index is 12.0. The van der Waals surface area contributed by atoms with Crippen LogP contribution in [0.1, 0.15) is 42.9 Å². The van der Waals surface area contributed by atoms with Gasteiger partial charge in [-0.25, -0.2) is 0 Å². The van der Waals surface area contributed by atoms with Crippen LogP contribution < -0.4 is 5.32 Å². The van der Waals surface area contributed by atoms with Gasteiger partial charge in [-0.1, -0.05) is 0 Å². The highest BCUT2D eigenvalue weighted by molar-refractivity contribution is 5.76. The van der Waals surface area contributed by atoms with Crippen LogP contribution in [0.3, 0.4) is 0 Å². The smallest absolute Gasteiger partial charge is 0.240 e. The molecule has 0 radical (unpaired) electrons. The first-order valence-corrected chi connectivity index (χ1v) is 7.46. The van der Waals surface area contributed by atoms with Gasteiger partial charge in [-0.05, 0) is 37.7 Å². The molecule has 2 N–H and O–H groups in total. The molecule has 0 spiro atoms. The van der Waals surface area contributed by atoms with E-state index in [1.807, 2.05) is 17.0 Å². The minimum atomic E-state index is -0.362. The number of hydrogen-bond acceptors (Lipinski definition) is 3. The SMILES string of the molecule is O=C(Cn1cc2c(c1)C(O)CCC2)NC1CCOCC1. The Morgan fingerprint density at radius 2 is 2.15 bits per heavy atom. The molecule has 1 saturated heterocycles. The second-order valence-electron chi connectivity index (χ2n) is 5.77. The first-order chi connectivity index (χ1) is 9.72.